The van der Waals surface area contributed by atoms with Crippen LogP contribution in [0.15, 0.2) is 66.7 Å². The van der Waals surface area contributed by atoms with E-state index in [0.29, 0.717) is 51.1 Å². The lowest BCUT2D eigenvalue weighted by Gasteiger charge is -2.27. The Balaban J connectivity index is 1.30. The third-order valence-corrected chi connectivity index (χ3v) is 7.35. The van der Waals surface area contributed by atoms with Crippen LogP contribution in [-0.2, 0) is 17.8 Å². The molecule has 0 heterocycles. The number of nitrogens with one attached hydrogen (secondary N) is 1. The highest BCUT2D eigenvalue weighted by Crippen LogP contribution is 2.27. The van der Waals surface area contributed by atoms with Crippen molar-refractivity contribution in [2.75, 3.05) is 6.61 Å². The molecule has 43 heavy (non-hydrogen) atoms. The predicted molar refractivity (Wildman–Crippen MR) is 161 cm³/mol. The van der Waals surface area contributed by atoms with Crippen LogP contribution in [0.25, 0.3) is 0 Å². The average molecular weight is 590 g/mol. The Morgan fingerprint density at radius 2 is 1.70 bits per heavy atom. The number of ether oxygens (including phenoxy) is 3. The summed E-state index contributed by atoms with van der Waals surface area (Å²) in [5.41, 5.74) is 2.18. The van der Waals surface area contributed by atoms with Crippen LogP contribution in [0.2, 0.25) is 0 Å². The van der Waals surface area contributed by atoms with Gasteiger partial charge in [0.2, 0.25) is 0 Å². The number of carbonyl (C=O) groups is 3. The molecule has 0 spiro atoms. The van der Waals surface area contributed by atoms with Crippen molar-refractivity contribution < 1.29 is 38.8 Å². The Bertz CT molecular complexity index is 1400. The maximum atomic E-state index is 13.1. The Labute approximate surface area is 251 Å². The van der Waals surface area contributed by atoms with Gasteiger partial charge in [-0.25, -0.2) is 4.79 Å². The molecule has 3 N–H and O–H groups in total. The summed E-state index contributed by atoms with van der Waals surface area (Å²) in [6.45, 7) is 4.70. The normalized spacial score (nSPS) is 16.3. The van der Waals surface area contributed by atoms with E-state index in [1.807, 2.05) is 62.4 Å². The molecule has 0 aromatic heterocycles. The lowest BCUT2D eigenvalue weighted by Crippen LogP contribution is -2.40. The van der Waals surface area contributed by atoms with Gasteiger partial charge in [-0.2, -0.15) is 0 Å². The van der Waals surface area contributed by atoms with E-state index in [9.17, 15) is 24.6 Å². The van der Waals surface area contributed by atoms with E-state index in [1.165, 1.54) is 18.2 Å². The van der Waals surface area contributed by atoms with Crippen molar-refractivity contribution in [2.24, 2.45) is 5.92 Å². The van der Waals surface area contributed by atoms with Crippen LogP contribution in [0, 0.1) is 5.92 Å². The number of para-hydroxylation sites is 1. The lowest BCUT2D eigenvalue weighted by atomic mass is 9.85. The summed E-state index contributed by atoms with van der Waals surface area (Å²) in [5.74, 6) is -1.13. The number of aryl methyl sites for hydroxylation is 1. The molecule has 0 aliphatic heterocycles. The first-order chi connectivity index (χ1) is 20.7. The zero-order valence-electron chi connectivity index (χ0n) is 24.6. The number of rotatable bonds is 14. The van der Waals surface area contributed by atoms with Crippen LogP contribution < -0.4 is 19.5 Å². The summed E-state index contributed by atoms with van der Waals surface area (Å²) in [7, 11) is 0. The second-order valence-electron chi connectivity index (χ2n) is 11.0. The van der Waals surface area contributed by atoms with Gasteiger partial charge in [0, 0.05) is 11.6 Å². The van der Waals surface area contributed by atoms with Gasteiger partial charge < -0.3 is 29.7 Å². The van der Waals surface area contributed by atoms with Gasteiger partial charge in [-0.15, -0.1) is 0 Å². The molecule has 2 atom stereocenters. The minimum atomic E-state index is -1.15. The fourth-order valence-corrected chi connectivity index (χ4v) is 5.14. The first-order valence-electron chi connectivity index (χ1n) is 14.7. The van der Waals surface area contributed by atoms with E-state index in [-0.39, 0.29) is 23.3 Å². The van der Waals surface area contributed by atoms with Crippen LogP contribution in [0.3, 0.4) is 0 Å². The molecule has 1 aliphatic rings. The van der Waals surface area contributed by atoms with Gasteiger partial charge in [0.15, 0.2) is 0 Å². The maximum absolute atomic E-state index is 13.1. The van der Waals surface area contributed by atoms with Crippen molar-refractivity contribution in [1.82, 2.24) is 5.32 Å². The van der Waals surface area contributed by atoms with Gasteiger partial charge in [0.1, 0.15) is 23.9 Å². The quantitative estimate of drug-likeness (QED) is 0.191. The molecule has 4 rings (SSSR count). The van der Waals surface area contributed by atoms with E-state index in [4.69, 9.17) is 14.2 Å². The van der Waals surface area contributed by atoms with Gasteiger partial charge in [0.25, 0.3) is 5.91 Å². The van der Waals surface area contributed by atoms with Gasteiger partial charge in [-0.05, 0) is 87.9 Å². The van der Waals surface area contributed by atoms with Crippen molar-refractivity contribution in [3.05, 3.63) is 89.0 Å². The molecule has 1 fully saturated rings. The fourth-order valence-electron chi connectivity index (χ4n) is 5.14. The number of carboxylic acid groups (broad SMARTS) is 2. The van der Waals surface area contributed by atoms with Crippen LogP contribution in [0.1, 0.15) is 77.8 Å². The Morgan fingerprint density at radius 3 is 2.42 bits per heavy atom. The summed E-state index contributed by atoms with van der Waals surface area (Å²) in [4.78, 5) is 36.1. The minimum absolute atomic E-state index is 0.0252. The molecule has 0 radical (unpaired) electrons. The van der Waals surface area contributed by atoms with Crippen molar-refractivity contribution in [2.45, 2.75) is 71.1 Å². The van der Waals surface area contributed by atoms with Crippen molar-refractivity contribution in [1.29, 1.82) is 0 Å². The number of carboxylic acids is 2. The van der Waals surface area contributed by atoms with Gasteiger partial charge in [-0.3, -0.25) is 9.59 Å². The molecule has 3 aromatic carbocycles. The fraction of sp³-hybridized carbons (Fsp3) is 0.382. The number of benzene rings is 3. The van der Waals surface area contributed by atoms with Crippen molar-refractivity contribution in [3.63, 3.8) is 0 Å². The Hall–Kier alpha value is -4.53. The van der Waals surface area contributed by atoms with Gasteiger partial charge in [0.05, 0.1) is 29.8 Å². The Morgan fingerprint density at radius 1 is 0.930 bits per heavy atom. The van der Waals surface area contributed by atoms with Crippen molar-refractivity contribution >= 4 is 17.8 Å². The summed E-state index contributed by atoms with van der Waals surface area (Å²) in [6, 6.07) is 19.6. The average Bonchev–Trinajstić information content (AvgIpc) is 2.99. The van der Waals surface area contributed by atoms with Crippen molar-refractivity contribution in [3.8, 4) is 17.2 Å². The third kappa shape index (κ3) is 9.23. The van der Waals surface area contributed by atoms with Crippen LogP contribution >= 0.6 is 0 Å². The van der Waals surface area contributed by atoms with E-state index >= 15 is 0 Å². The molecule has 0 saturated heterocycles. The summed E-state index contributed by atoms with van der Waals surface area (Å²) in [5, 5.41) is 21.7. The highest BCUT2D eigenvalue weighted by molar-refractivity contribution is 6.00. The first-order valence-corrected chi connectivity index (χ1v) is 14.7. The highest BCUT2D eigenvalue weighted by Gasteiger charge is 2.29. The van der Waals surface area contributed by atoms with Gasteiger partial charge >= 0.3 is 11.9 Å². The van der Waals surface area contributed by atoms with E-state index in [0.717, 1.165) is 29.0 Å². The molecule has 1 aliphatic carbocycles. The summed E-state index contributed by atoms with van der Waals surface area (Å²) >= 11 is 0. The molecule has 2 unspecified atom stereocenters. The minimum Gasteiger partial charge on any atom is -0.493 e. The molecule has 1 amide bonds. The van der Waals surface area contributed by atoms with E-state index in [1.54, 1.807) is 0 Å². The van der Waals surface area contributed by atoms with Crippen LogP contribution in [-0.4, -0.2) is 46.8 Å². The first kappa shape index (κ1) is 31.4. The number of carbonyl (C=O) groups excluding carboxylic acids is 1. The lowest BCUT2D eigenvalue weighted by molar-refractivity contribution is -0.143. The second kappa shape index (κ2) is 15.1. The number of hydrogen-bond acceptors (Lipinski definition) is 6. The van der Waals surface area contributed by atoms with E-state index in [2.05, 4.69) is 5.32 Å². The smallest absolute Gasteiger partial charge is 0.335 e. The predicted octanol–water partition coefficient (Wildman–Crippen LogP) is 6.14. The zero-order valence-corrected chi connectivity index (χ0v) is 24.6. The number of amides is 1. The third-order valence-electron chi connectivity index (χ3n) is 7.35. The van der Waals surface area contributed by atoms with Gasteiger partial charge in [-0.1, -0.05) is 36.8 Å². The number of hydrogen-bond donors (Lipinski definition) is 3. The summed E-state index contributed by atoms with van der Waals surface area (Å²) < 4.78 is 17.8. The zero-order chi connectivity index (χ0) is 30.8. The monoisotopic (exact) mass is 589 g/mol. The maximum Gasteiger partial charge on any atom is 0.335 e. The molecule has 9 heteroatoms. The number of aromatic carboxylic acids is 1. The largest absolute Gasteiger partial charge is 0.493 e. The highest BCUT2D eigenvalue weighted by atomic mass is 16.5. The SMILES string of the molecule is CC(C)Oc1ccccc1COc1ccc(CCCOc2ccc(C(=O)O)cc2C(=O)NC2CCCC(C(=O)O)C2)cc1. The molecule has 3 aromatic rings. The van der Waals surface area contributed by atoms with E-state index < -0.39 is 23.8 Å². The molecular weight excluding hydrogens is 550 g/mol. The summed E-state index contributed by atoms with van der Waals surface area (Å²) in [6.07, 6.45) is 3.79. The molecular formula is C34H39NO8. The molecule has 228 valence electrons. The second-order valence-corrected chi connectivity index (χ2v) is 11.0. The number of aliphatic carboxylic acids is 1. The Kier molecular flexibility index (Phi) is 11.0. The topological polar surface area (TPSA) is 131 Å². The van der Waals surface area contributed by atoms with Crippen LogP contribution in [0.5, 0.6) is 17.2 Å². The molecule has 9 nitrogen and oxygen atoms in total. The molecule has 0 bridgehead atoms. The molecule has 1 saturated carbocycles. The van der Waals surface area contributed by atoms with Crippen LogP contribution in [0.4, 0.5) is 0 Å². The standard InChI is InChI=1S/C34H39NO8/c1-22(2)43-30-11-4-3-8-26(30)21-42-28-15-12-23(13-16-28)7-6-18-41-31-17-14-25(34(39)40)20-29(31)32(36)35-27-10-5-9-24(19-27)33(37)38/h3-4,8,11-17,20,22,24,27H,5-7,9-10,18-19,21H2,1-2H3,(H,35,36)(H,37,38)(H,39,40).